The molecule has 0 unspecified atom stereocenters. The van der Waals surface area contributed by atoms with E-state index in [9.17, 15) is 9.18 Å². The van der Waals surface area contributed by atoms with Gasteiger partial charge < -0.3 is 10.2 Å². The zero-order valence-electron chi connectivity index (χ0n) is 13.0. The monoisotopic (exact) mass is 373 g/mol. The van der Waals surface area contributed by atoms with E-state index in [1.165, 1.54) is 18.2 Å². The predicted octanol–water partition coefficient (Wildman–Crippen LogP) is 4.45. The Hall–Kier alpha value is -2.31. The van der Waals surface area contributed by atoms with Crippen molar-refractivity contribution in [3.05, 3.63) is 69.8 Å². The van der Waals surface area contributed by atoms with Crippen molar-refractivity contribution in [2.45, 2.75) is 0 Å². The molecule has 2 aromatic carbocycles. The van der Waals surface area contributed by atoms with E-state index in [1.807, 2.05) is 12.1 Å². The van der Waals surface area contributed by atoms with Crippen LogP contribution in [-0.4, -0.2) is 29.1 Å². The maximum absolute atomic E-state index is 13.8. The summed E-state index contributed by atoms with van der Waals surface area (Å²) in [7, 11) is 0. The number of carbonyl (C=O) groups excluding carboxylic acids is 1. The standard InChI is InChI=1S/C18H13ClFN3OS/c19-13-2-1-3-14(20)16(13)17(24)22-12-6-4-11(5-7-12)15-10-25-18-21-8-9-23(15)18/h1-7,10H,8-9H2,(H,22,24). The summed E-state index contributed by atoms with van der Waals surface area (Å²) in [4.78, 5) is 18.9. The van der Waals surface area contributed by atoms with Crippen molar-refractivity contribution in [1.82, 2.24) is 4.90 Å². The molecule has 0 saturated carbocycles. The van der Waals surface area contributed by atoms with E-state index >= 15 is 0 Å². The second-order valence-corrected chi connectivity index (χ2v) is 6.81. The first-order valence-electron chi connectivity index (χ1n) is 7.68. The van der Waals surface area contributed by atoms with E-state index in [4.69, 9.17) is 11.6 Å². The Morgan fingerprint density at radius 2 is 2.04 bits per heavy atom. The number of benzene rings is 2. The van der Waals surface area contributed by atoms with Gasteiger partial charge in [-0.3, -0.25) is 9.79 Å². The lowest BCUT2D eigenvalue weighted by molar-refractivity contribution is 0.102. The van der Waals surface area contributed by atoms with Gasteiger partial charge in [0.05, 0.1) is 22.8 Å². The largest absolute Gasteiger partial charge is 0.322 e. The second-order valence-electron chi connectivity index (χ2n) is 5.57. The van der Waals surface area contributed by atoms with Crippen molar-refractivity contribution in [3.63, 3.8) is 0 Å². The maximum Gasteiger partial charge on any atom is 0.260 e. The van der Waals surface area contributed by atoms with E-state index in [-0.39, 0.29) is 10.6 Å². The molecule has 0 aliphatic carbocycles. The first kappa shape index (κ1) is 16.2. The highest BCUT2D eigenvalue weighted by Crippen LogP contribution is 2.35. The molecule has 2 aromatic rings. The van der Waals surface area contributed by atoms with E-state index in [2.05, 4.69) is 20.6 Å². The molecule has 0 radical (unpaired) electrons. The maximum atomic E-state index is 13.8. The average molecular weight is 374 g/mol. The van der Waals surface area contributed by atoms with E-state index < -0.39 is 11.7 Å². The number of thioether (sulfide) groups is 1. The summed E-state index contributed by atoms with van der Waals surface area (Å²) < 4.78 is 13.8. The Morgan fingerprint density at radius 3 is 2.80 bits per heavy atom. The fourth-order valence-corrected chi connectivity index (χ4v) is 3.99. The lowest BCUT2D eigenvalue weighted by Gasteiger charge is -2.17. The normalized spacial score (nSPS) is 15.7. The zero-order valence-corrected chi connectivity index (χ0v) is 14.6. The highest BCUT2D eigenvalue weighted by Gasteiger charge is 2.27. The first-order valence-corrected chi connectivity index (χ1v) is 8.94. The van der Waals surface area contributed by atoms with E-state index in [0.717, 1.165) is 29.5 Å². The van der Waals surface area contributed by atoms with Gasteiger partial charge in [-0.2, -0.15) is 0 Å². The molecule has 0 bridgehead atoms. The quantitative estimate of drug-likeness (QED) is 0.864. The number of fused-ring (bicyclic) bond motifs is 1. The second kappa shape index (κ2) is 6.54. The third-order valence-electron chi connectivity index (χ3n) is 4.00. The van der Waals surface area contributed by atoms with Gasteiger partial charge in [-0.15, -0.1) is 0 Å². The Labute approximate surface area is 153 Å². The minimum Gasteiger partial charge on any atom is -0.322 e. The van der Waals surface area contributed by atoms with Crippen molar-refractivity contribution in [1.29, 1.82) is 0 Å². The molecule has 2 aliphatic rings. The molecule has 7 heteroatoms. The number of nitrogens with one attached hydrogen (secondary N) is 1. The van der Waals surface area contributed by atoms with Crippen LogP contribution in [-0.2, 0) is 0 Å². The number of carbonyl (C=O) groups is 1. The van der Waals surface area contributed by atoms with Crippen LogP contribution in [0.4, 0.5) is 10.1 Å². The van der Waals surface area contributed by atoms with Crippen LogP contribution < -0.4 is 5.32 Å². The van der Waals surface area contributed by atoms with Crippen molar-refractivity contribution in [2.75, 3.05) is 18.4 Å². The van der Waals surface area contributed by atoms with E-state index in [1.54, 1.807) is 23.9 Å². The van der Waals surface area contributed by atoms with Crippen molar-refractivity contribution >= 4 is 45.8 Å². The highest BCUT2D eigenvalue weighted by molar-refractivity contribution is 8.16. The summed E-state index contributed by atoms with van der Waals surface area (Å²) in [5.74, 6) is -1.21. The van der Waals surface area contributed by atoms with Crippen molar-refractivity contribution in [3.8, 4) is 0 Å². The molecule has 1 N–H and O–H groups in total. The van der Waals surface area contributed by atoms with Crippen LogP contribution in [0.2, 0.25) is 5.02 Å². The van der Waals surface area contributed by atoms with Crippen LogP contribution >= 0.6 is 23.4 Å². The molecule has 0 aromatic heterocycles. The SMILES string of the molecule is O=C(Nc1ccc(C2=CSC3=NCCN23)cc1)c1c(F)cccc1Cl. The lowest BCUT2D eigenvalue weighted by Crippen LogP contribution is -2.19. The number of hydrogen-bond donors (Lipinski definition) is 1. The predicted molar refractivity (Wildman–Crippen MR) is 100 cm³/mol. The van der Waals surface area contributed by atoms with Gasteiger partial charge in [0, 0.05) is 17.6 Å². The van der Waals surface area contributed by atoms with E-state index in [0.29, 0.717) is 5.69 Å². The molecule has 25 heavy (non-hydrogen) atoms. The number of aliphatic imine (C=N–C) groups is 1. The Balaban J connectivity index is 1.51. The summed E-state index contributed by atoms with van der Waals surface area (Å²) in [6.07, 6.45) is 0. The molecular weight excluding hydrogens is 361 g/mol. The van der Waals surface area contributed by atoms with Crippen LogP contribution in [0.25, 0.3) is 5.70 Å². The number of rotatable bonds is 3. The number of anilines is 1. The number of amides is 1. The van der Waals surface area contributed by atoms with Crippen LogP contribution in [0.5, 0.6) is 0 Å². The first-order chi connectivity index (χ1) is 12.1. The van der Waals surface area contributed by atoms with Gasteiger partial charge in [0.2, 0.25) is 0 Å². The molecular formula is C18H13ClFN3OS. The Kier molecular flexibility index (Phi) is 4.23. The van der Waals surface area contributed by atoms with Crippen LogP contribution in [0.3, 0.4) is 0 Å². The smallest absolute Gasteiger partial charge is 0.260 e. The topological polar surface area (TPSA) is 44.7 Å². The summed E-state index contributed by atoms with van der Waals surface area (Å²) in [5.41, 5.74) is 2.58. The number of amidine groups is 1. The zero-order chi connectivity index (χ0) is 17.4. The third-order valence-corrected chi connectivity index (χ3v) is 5.21. The summed E-state index contributed by atoms with van der Waals surface area (Å²) >= 11 is 7.55. The summed E-state index contributed by atoms with van der Waals surface area (Å²) in [5, 5.41) is 5.87. The molecule has 2 aliphatic heterocycles. The molecule has 1 amide bonds. The van der Waals surface area contributed by atoms with Gasteiger partial charge in [-0.05, 0) is 29.8 Å². The van der Waals surface area contributed by atoms with Gasteiger partial charge in [0.15, 0.2) is 5.17 Å². The van der Waals surface area contributed by atoms with Crippen LogP contribution in [0.15, 0.2) is 52.9 Å². The Bertz CT molecular complexity index is 891. The van der Waals surface area contributed by atoms with Gasteiger partial charge in [-0.1, -0.05) is 41.6 Å². The average Bonchev–Trinajstić information content (AvgIpc) is 3.19. The number of hydrogen-bond acceptors (Lipinski definition) is 4. The van der Waals surface area contributed by atoms with Gasteiger partial charge in [0.1, 0.15) is 5.82 Å². The van der Waals surface area contributed by atoms with Crippen LogP contribution in [0, 0.1) is 5.82 Å². The molecule has 2 heterocycles. The number of halogens is 2. The molecule has 0 spiro atoms. The molecule has 0 fully saturated rings. The molecule has 0 atom stereocenters. The Morgan fingerprint density at radius 1 is 1.24 bits per heavy atom. The minimum atomic E-state index is -0.643. The van der Waals surface area contributed by atoms with Crippen LogP contribution in [0.1, 0.15) is 15.9 Å². The fraction of sp³-hybridized carbons (Fsp3) is 0.111. The fourth-order valence-electron chi connectivity index (χ4n) is 2.78. The lowest BCUT2D eigenvalue weighted by atomic mass is 10.1. The highest BCUT2D eigenvalue weighted by atomic mass is 35.5. The molecule has 4 rings (SSSR count). The third kappa shape index (κ3) is 3.03. The molecule has 126 valence electrons. The van der Waals surface area contributed by atoms with Crippen molar-refractivity contribution in [2.24, 2.45) is 4.99 Å². The van der Waals surface area contributed by atoms with Crippen molar-refractivity contribution < 1.29 is 9.18 Å². The molecule has 4 nitrogen and oxygen atoms in total. The summed E-state index contributed by atoms with van der Waals surface area (Å²) in [6, 6.07) is 11.6. The molecule has 0 saturated heterocycles. The number of nitrogens with zero attached hydrogens (tertiary/aromatic N) is 2. The minimum absolute atomic E-state index is 0.0862. The van der Waals surface area contributed by atoms with Gasteiger partial charge >= 0.3 is 0 Å². The summed E-state index contributed by atoms with van der Waals surface area (Å²) in [6.45, 7) is 1.70. The van der Waals surface area contributed by atoms with Gasteiger partial charge in [0.25, 0.3) is 5.91 Å². The van der Waals surface area contributed by atoms with Gasteiger partial charge in [-0.25, -0.2) is 4.39 Å².